The van der Waals surface area contributed by atoms with Crippen molar-refractivity contribution in [3.63, 3.8) is 0 Å². The molecule has 0 amide bonds. The quantitative estimate of drug-likeness (QED) is 0.534. The van der Waals surface area contributed by atoms with E-state index in [1.165, 1.54) is 0 Å². The molecule has 0 heterocycles. The van der Waals surface area contributed by atoms with E-state index in [0.717, 1.165) is 0 Å². The standard InChI is InChI=1S/C4H12P.C2H8N2/c1-5(2,3)4;3-1-2-4/h1-4H3;1-4H2/q+1;. The second kappa shape index (κ2) is 6.47. The molecule has 0 saturated heterocycles. The molecule has 9 heavy (non-hydrogen) atoms. The van der Waals surface area contributed by atoms with Crippen LogP contribution in [0.15, 0.2) is 0 Å². The van der Waals surface area contributed by atoms with Gasteiger partial charge in [0, 0.05) is 47.0 Å². The summed E-state index contributed by atoms with van der Waals surface area (Å²) >= 11 is 0. The lowest BCUT2D eigenvalue weighted by molar-refractivity contribution is 0.976. The Balaban J connectivity index is 0. The fourth-order valence-corrected chi connectivity index (χ4v) is 0. The molecule has 0 unspecified atom stereocenters. The van der Waals surface area contributed by atoms with E-state index in [2.05, 4.69) is 26.7 Å². The summed E-state index contributed by atoms with van der Waals surface area (Å²) in [6.45, 7) is 10.4. The van der Waals surface area contributed by atoms with Gasteiger partial charge in [-0.3, -0.25) is 0 Å². The summed E-state index contributed by atoms with van der Waals surface area (Å²) in [5.41, 5.74) is 9.81. The zero-order valence-electron chi connectivity index (χ0n) is 7.02. The van der Waals surface area contributed by atoms with Crippen LogP contribution in [0.3, 0.4) is 0 Å². The average molecular weight is 151 g/mol. The molecule has 0 rings (SSSR count). The highest BCUT2D eigenvalue weighted by Gasteiger charge is 2.03. The van der Waals surface area contributed by atoms with Crippen molar-refractivity contribution in [3.05, 3.63) is 0 Å². The van der Waals surface area contributed by atoms with Crippen molar-refractivity contribution < 1.29 is 0 Å². The smallest absolute Gasteiger partial charge is 0.0481 e. The topological polar surface area (TPSA) is 52.0 Å². The molecule has 0 aliphatic heterocycles. The van der Waals surface area contributed by atoms with Crippen LogP contribution in [-0.4, -0.2) is 39.7 Å². The largest absolute Gasteiger partial charge is 0.329 e. The normalized spacial score (nSPS) is 10.0. The minimum Gasteiger partial charge on any atom is -0.329 e. The minimum atomic E-state index is -0.389. The van der Waals surface area contributed by atoms with Gasteiger partial charge < -0.3 is 11.5 Å². The maximum Gasteiger partial charge on any atom is 0.0481 e. The van der Waals surface area contributed by atoms with Gasteiger partial charge in [-0.15, -0.1) is 0 Å². The summed E-state index contributed by atoms with van der Waals surface area (Å²) < 4.78 is 0. The van der Waals surface area contributed by atoms with Crippen LogP contribution in [0.1, 0.15) is 0 Å². The van der Waals surface area contributed by atoms with Crippen LogP contribution in [0.25, 0.3) is 0 Å². The lowest BCUT2D eigenvalue weighted by Gasteiger charge is -1.97. The van der Waals surface area contributed by atoms with Gasteiger partial charge in [0.1, 0.15) is 0 Å². The van der Waals surface area contributed by atoms with Crippen LogP contribution < -0.4 is 11.5 Å². The van der Waals surface area contributed by atoms with Crippen LogP contribution >= 0.6 is 7.26 Å². The van der Waals surface area contributed by atoms with E-state index in [1.54, 1.807) is 0 Å². The molecule has 2 nitrogen and oxygen atoms in total. The Labute approximate surface area is 59.3 Å². The predicted octanol–water partition coefficient (Wildman–Crippen LogP) is 0.427. The third-order valence-corrected chi connectivity index (χ3v) is 0.167. The van der Waals surface area contributed by atoms with Crippen LogP contribution in [0.2, 0.25) is 0 Å². The molecule has 0 bridgehead atoms. The molecule has 4 N–H and O–H groups in total. The van der Waals surface area contributed by atoms with Gasteiger partial charge in [0.25, 0.3) is 0 Å². The average Bonchev–Trinajstić information content (AvgIpc) is 1.61. The lowest BCUT2D eigenvalue weighted by Crippen LogP contribution is -2.11. The maximum atomic E-state index is 4.90. The van der Waals surface area contributed by atoms with Gasteiger partial charge in [-0.25, -0.2) is 0 Å². The second-order valence-electron chi connectivity index (χ2n) is 3.26. The Morgan fingerprint density at radius 3 is 1.00 bits per heavy atom. The van der Waals surface area contributed by atoms with Crippen molar-refractivity contribution in [1.29, 1.82) is 0 Å². The first-order chi connectivity index (χ1) is 3.91. The zero-order valence-corrected chi connectivity index (χ0v) is 7.91. The maximum absolute atomic E-state index is 4.90. The van der Waals surface area contributed by atoms with Gasteiger partial charge in [-0.05, 0) is 0 Å². The van der Waals surface area contributed by atoms with E-state index in [-0.39, 0.29) is 7.26 Å². The molecule has 0 radical (unpaired) electrons. The molecule has 0 aliphatic carbocycles. The second-order valence-corrected chi connectivity index (χ2v) is 8.63. The fraction of sp³-hybridized carbons (Fsp3) is 1.00. The van der Waals surface area contributed by atoms with E-state index >= 15 is 0 Å². The highest BCUT2D eigenvalue weighted by Crippen LogP contribution is 2.40. The molecule has 0 aromatic carbocycles. The van der Waals surface area contributed by atoms with Crippen LogP contribution in [0, 0.1) is 0 Å². The predicted molar refractivity (Wildman–Crippen MR) is 48.7 cm³/mol. The van der Waals surface area contributed by atoms with Crippen molar-refractivity contribution in [1.82, 2.24) is 0 Å². The Hall–Kier alpha value is 0.350. The molecule has 0 aromatic rings. The van der Waals surface area contributed by atoms with E-state index in [4.69, 9.17) is 11.5 Å². The van der Waals surface area contributed by atoms with Crippen molar-refractivity contribution in [2.24, 2.45) is 11.5 Å². The Kier molecular flexibility index (Phi) is 8.67. The third-order valence-electron chi connectivity index (χ3n) is 0.167. The molecule has 0 saturated carbocycles. The van der Waals surface area contributed by atoms with Gasteiger partial charge in [0.2, 0.25) is 0 Å². The highest BCUT2D eigenvalue weighted by molar-refractivity contribution is 7.72. The summed E-state index contributed by atoms with van der Waals surface area (Å²) in [7, 11) is -0.389. The fourth-order valence-electron chi connectivity index (χ4n) is 0. The van der Waals surface area contributed by atoms with Crippen molar-refractivity contribution in [2.75, 3.05) is 39.7 Å². The van der Waals surface area contributed by atoms with Gasteiger partial charge in [-0.1, -0.05) is 0 Å². The zero-order chi connectivity index (χ0) is 7.91. The van der Waals surface area contributed by atoms with Crippen molar-refractivity contribution in [3.8, 4) is 0 Å². The molecule has 0 aliphatic rings. The SMILES string of the molecule is C[P+](C)(C)C.NCCN. The molecule has 58 valence electrons. The first-order valence-corrected chi connectivity index (χ1v) is 6.68. The third kappa shape index (κ3) is 185. The Morgan fingerprint density at radius 2 is 1.00 bits per heavy atom. The van der Waals surface area contributed by atoms with Gasteiger partial charge in [0.15, 0.2) is 0 Å². The minimum absolute atomic E-state index is 0.389. The number of nitrogens with two attached hydrogens (primary N) is 2. The number of hydrogen-bond donors (Lipinski definition) is 2. The highest BCUT2D eigenvalue weighted by atomic mass is 31.2. The summed E-state index contributed by atoms with van der Waals surface area (Å²) in [5.74, 6) is 0. The lowest BCUT2D eigenvalue weighted by atomic mass is 10.7. The molecule has 0 aromatic heterocycles. The molecular formula is C6H20N2P+. The molecular weight excluding hydrogens is 131 g/mol. The monoisotopic (exact) mass is 151 g/mol. The number of hydrogen-bond acceptors (Lipinski definition) is 2. The molecule has 0 spiro atoms. The molecule has 0 fully saturated rings. The van der Waals surface area contributed by atoms with Crippen molar-refractivity contribution in [2.45, 2.75) is 0 Å². The van der Waals surface area contributed by atoms with Gasteiger partial charge in [0.05, 0.1) is 0 Å². The van der Waals surface area contributed by atoms with E-state index in [9.17, 15) is 0 Å². The van der Waals surface area contributed by atoms with Crippen LogP contribution in [-0.2, 0) is 0 Å². The first kappa shape index (κ1) is 12.1. The summed E-state index contributed by atoms with van der Waals surface area (Å²) in [4.78, 5) is 0. The Morgan fingerprint density at radius 1 is 0.889 bits per heavy atom. The van der Waals surface area contributed by atoms with E-state index < -0.39 is 0 Å². The summed E-state index contributed by atoms with van der Waals surface area (Å²) in [6, 6.07) is 0. The molecule has 0 atom stereocenters. The first-order valence-electron chi connectivity index (χ1n) is 3.11. The van der Waals surface area contributed by atoms with Gasteiger partial charge >= 0.3 is 0 Å². The van der Waals surface area contributed by atoms with Crippen LogP contribution in [0.5, 0.6) is 0 Å². The van der Waals surface area contributed by atoms with Crippen molar-refractivity contribution >= 4 is 7.26 Å². The van der Waals surface area contributed by atoms with Gasteiger partial charge in [-0.2, -0.15) is 0 Å². The summed E-state index contributed by atoms with van der Waals surface area (Å²) in [5, 5.41) is 0. The number of rotatable bonds is 1. The van der Waals surface area contributed by atoms with Crippen LogP contribution in [0.4, 0.5) is 0 Å². The summed E-state index contributed by atoms with van der Waals surface area (Å²) in [6.07, 6.45) is 0. The van der Waals surface area contributed by atoms with E-state index in [0.29, 0.717) is 13.1 Å². The molecule has 3 heteroatoms. The Bertz CT molecular complexity index is 41.5. The van der Waals surface area contributed by atoms with E-state index in [1.807, 2.05) is 0 Å².